The second-order valence-corrected chi connectivity index (χ2v) is 5.54. The Morgan fingerprint density at radius 2 is 1.85 bits per heavy atom. The van der Waals surface area contributed by atoms with Crippen LogP contribution in [0.4, 0.5) is 23.2 Å². The van der Waals surface area contributed by atoms with Crippen LogP contribution in [-0.4, -0.2) is 22.8 Å². The van der Waals surface area contributed by atoms with E-state index in [4.69, 9.17) is 5.53 Å². The smallest absolute Gasteiger partial charge is 0.406 e. The molecule has 3 rings (SSSR count). The van der Waals surface area contributed by atoms with E-state index in [0.717, 1.165) is 12.1 Å². The molecule has 0 N–H and O–H groups in total. The zero-order chi connectivity index (χ0) is 18.9. The number of hydrogen-bond donors (Lipinski definition) is 0. The van der Waals surface area contributed by atoms with Gasteiger partial charge in [0.15, 0.2) is 0 Å². The van der Waals surface area contributed by atoms with Crippen molar-refractivity contribution in [2.45, 2.75) is 18.8 Å². The maximum atomic E-state index is 13.5. The van der Waals surface area contributed by atoms with Gasteiger partial charge in [0, 0.05) is 5.69 Å². The van der Waals surface area contributed by atoms with Gasteiger partial charge in [-0.3, -0.25) is 9.69 Å². The van der Waals surface area contributed by atoms with Crippen molar-refractivity contribution in [3.8, 4) is 5.75 Å². The lowest BCUT2D eigenvalue weighted by Crippen LogP contribution is -2.29. The fourth-order valence-electron chi connectivity index (χ4n) is 2.81. The Labute approximate surface area is 145 Å². The zero-order valence-electron chi connectivity index (χ0n) is 13.1. The van der Waals surface area contributed by atoms with E-state index in [1.165, 1.54) is 35.2 Å². The summed E-state index contributed by atoms with van der Waals surface area (Å²) in [6.45, 7) is 0. The van der Waals surface area contributed by atoms with Gasteiger partial charge in [-0.1, -0.05) is 12.1 Å². The van der Waals surface area contributed by atoms with Crippen LogP contribution in [0.15, 0.2) is 48.5 Å². The third-order valence-electron chi connectivity index (χ3n) is 3.87. The molecule has 0 spiro atoms. The van der Waals surface area contributed by atoms with E-state index >= 15 is 0 Å². The van der Waals surface area contributed by atoms with Crippen LogP contribution in [0, 0.1) is 5.82 Å². The van der Waals surface area contributed by atoms with Gasteiger partial charge in [-0.25, -0.2) is 4.39 Å². The van der Waals surface area contributed by atoms with Crippen molar-refractivity contribution in [3.63, 3.8) is 0 Å². The van der Waals surface area contributed by atoms with Crippen LogP contribution in [0.5, 0.6) is 5.75 Å². The largest absolute Gasteiger partial charge is 0.573 e. The van der Waals surface area contributed by atoms with Gasteiger partial charge in [0.05, 0.1) is 12.5 Å². The number of amides is 1. The van der Waals surface area contributed by atoms with Gasteiger partial charge in [0.25, 0.3) is 0 Å². The molecule has 0 unspecified atom stereocenters. The molecule has 2 aromatic rings. The Morgan fingerprint density at radius 1 is 1.15 bits per heavy atom. The van der Waals surface area contributed by atoms with Crippen molar-refractivity contribution in [2.24, 2.45) is 0 Å². The van der Waals surface area contributed by atoms with Gasteiger partial charge in [-0.05, 0) is 42.0 Å². The van der Waals surface area contributed by atoms with E-state index < -0.39 is 29.9 Å². The first-order valence-corrected chi connectivity index (χ1v) is 7.44. The number of carbonyl (C=O) groups is 1. The van der Waals surface area contributed by atoms with E-state index in [0.29, 0.717) is 5.56 Å². The third-order valence-corrected chi connectivity index (χ3v) is 3.87. The van der Waals surface area contributed by atoms with Gasteiger partial charge < -0.3 is 10.3 Å². The molecule has 26 heavy (non-hydrogen) atoms. The highest BCUT2D eigenvalue weighted by molar-refractivity contribution is 6.44. The van der Waals surface area contributed by atoms with Crippen LogP contribution in [0.2, 0.25) is 0 Å². The Bertz CT molecular complexity index is 890. The van der Waals surface area contributed by atoms with Crippen LogP contribution in [-0.2, 0) is 4.79 Å². The molecule has 1 aliphatic rings. The molecule has 1 amide bonds. The van der Waals surface area contributed by atoms with Crippen molar-refractivity contribution in [2.75, 3.05) is 4.90 Å². The first-order valence-electron chi connectivity index (χ1n) is 7.44. The number of rotatable bonds is 3. The van der Waals surface area contributed by atoms with Crippen LogP contribution >= 0.6 is 0 Å². The number of halogens is 4. The Morgan fingerprint density at radius 3 is 2.42 bits per heavy atom. The molecular weight excluding hydrogens is 354 g/mol. The number of alkyl halides is 3. The monoisotopic (exact) mass is 365 g/mol. The predicted molar refractivity (Wildman–Crippen MR) is 83.0 cm³/mol. The summed E-state index contributed by atoms with van der Waals surface area (Å²) in [7, 11) is 0. The molecule has 0 bridgehead atoms. The summed E-state index contributed by atoms with van der Waals surface area (Å²) >= 11 is 0. The molecule has 1 saturated heterocycles. The second kappa shape index (κ2) is 6.61. The lowest BCUT2D eigenvalue weighted by Gasteiger charge is -2.24. The van der Waals surface area contributed by atoms with E-state index in [1.54, 1.807) is 6.07 Å². The number of benzene rings is 2. The van der Waals surface area contributed by atoms with Crippen LogP contribution in [0.25, 0.3) is 5.53 Å². The summed E-state index contributed by atoms with van der Waals surface area (Å²) < 4.78 is 54.1. The number of nitrogens with zero attached hydrogens (tertiary/aromatic N) is 3. The molecule has 134 valence electrons. The van der Waals surface area contributed by atoms with Crippen molar-refractivity contribution in [3.05, 3.63) is 65.4 Å². The van der Waals surface area contributed by atoms with Gasteiger partial charge >= 0.3 is 18.0 Å². The van der Waals surface area contributed by atoms with E-state index in [2.05, 4.69) is 9.53 Å². The number of hydrogen-bond acceptors (Lipinski definition) is 2. The molecule has 5 nitrogen and oxygen atoms in total. The van der Waals surface area contributed by atoms with Crippen molar-refractivity contribution >= 4 is 17.3 Å². The lowest BCUT2D eigenvalue weighted by molar-refractivity contribution is -0.274. The lowest BCUT2D eigenvalue weighted by atomic mass is 10.0. The van der Waals surface area contributed by atoms with Crippen LogP contribution in [0.3, 0.4) is 0 Å². The summed E-state index contributed by atoms with van der Waals surface area (Å²) in [6.07, 6.45) is -4.80. The molecule has 9 heteroatoms. The Balaban J connectivity index is 1.97. The summed E-state index contributed by atoms with van der Waals surface area (Å²) in [5, 5.41) is 0. The van der Waals surface area contributed by atoms with Crippen molar-refractivity contribution < 1.29 is 31.9 Å². The standard InChI is InChI=1S/C17H11F4N3O2/c18-11-3-1-2-10(8-11)15-9-14(23-22)16(25)24(15)12-4-6-13(7-5-12)26-17(19,20)21/h1-8,15H,9H2/t15-/m0/s1. The number of anilines is 1. The molecule has 0 aromatic heterocycles. The Hall–Kier alpha value is -3.19. The van der Waals surface area contributed by atoms with Gasteiger partial charge in [0.1, 0.15) is 11.6 Å². The molecule has 1 atom stereocenters. The highest BCUT2D eigenvalue weighted by atomic mass is 19.4. The quantitative estimate of drug-likeness (QED) is 0.471. The van der Waals surface area contributed by atoms with E-state index in [-0.39, 0.29) is 17.8 Å². The SMILES string of the molecule is [N-]=[N+]=C1C[C@@H](c2cccc(F)c2)N(c2ccc(OC(F)(F)F)cc2)C1=O. The summed E-state index contributed by atoms with van der Waals surface area (Å²) in [4.78, 5) is 16.7. The van der Waals surface area contributed by atoms with Crippen LogP contribution in [0.1, 0.15) is 18.0 Å². The summed E-state index contributed by atoms with van der Waals surface area (Å²) in [6, 6.07) is 9.58. The number of ether oxygens (including phenoxy) is 1. The predicted octanol–water partition coefficient (Wildman–Crippen LogP) is 3.87. The van der Waals surface area contributed by atoms with E-state index in [9.17, 15) is 22.4 Å². The van der Waals surface area contributed by atoms with Gasteiger partial charge in [-0.2, -0.15) is 4.79 Å². The fourth-order valence-corrected chi connectivity index (χ4v) is 2.81. The minimum atomic E-state index is -4.83. The maximum Gasteiger partial charge on any atom is 0.573 e. The molecule has 0 saturated carbocycles. The first-order chi connectivity index (χ1) is 12.3. The number of carbonyl (C=O) groups excluding carboxylic acids is 1. The Kier molecular flexibility index (Phi) is 4.48. The average molecular weight is 365 g/mol. The average Bonchev–Trinajstić information content (AvgIpc) is 2.91. The topological polar surface area (TPSA) is 65.9 Å². The van der Waals surface area contributed by atoms with Crippen molar-refractivity contribution in [1.29, 1.82) is 0 Å². The van der Waals surface area contributed by atoms with E-state index in [1.807, 2.05) is 0 Å². The molecule has 0 aliphatic carbocycles. The minimum absolute atomic E-state index is 0.0274. The molecule has 2 aromatic carbocycles. The third kappa shape index (κ3) is 3.57. The highest BCUT2D eigenvalue weighted by Gasteiger charge is 2.44. The van der Waals surface area contributed by atoms with Crippen LogP contribution < -0.4 is 9.64 Å². The molecular formula is C17H11F4N3O2. The summed E-state index contributed by atoms with van der Waals surface area (Å²) in [5.41, 5.74) is 9.61. The molecule has 1 heterocycles. The maximum absolute atomic E-state index is 13.5. The van der Waals surface area contributed by atoms with Gasteiger partial charge in [-0.15, -0.1) is 13.2 Å². The normalized spacial score (nSPS) is 17.4. The highest BCUT2D eigenvalue weighted by Crippen LogP contribution is 2.36. The first kappa shape index (κ1) is 17.6. The summed E-state index contributed by atoms with van der Waals surface area (Å²) in [5.74, 6) is -1.56. The molecule has 1 fully saturated rings. The van der Waals surface area contributed by atoms with Gasteiger partial charge in [0.2, 0.25) is 0 Å². The van der Waals surface area contributed by atoms with Crippen molar-refractivity contribution in [1.82, 2.24) is 0 Å². The molecule has 1 aliphatic heterocycles. The second-order valence-electron chi connectivity index (χ2n) is 5.54. The minimum Gasteiger partial charge on any atom is -0.406 e. The fraction of sp³-hybridized carbons (Fsp3) is 0.176. The zero-order valence-corrected chi connectivity index (χ0v) is 13.1. The molecule has 0 radical (unpaired) electrons.